The van der Waals surface area contributed by atoms with Gasteiger partial charge in [0.05, 0.1) is 6.54 Å². The molecule has 1 atom stereocenters. The highest BCUT2D eigenvalue weighted by Crippen LogP contribution is 2.23. The molecule has 1 heterocycles. The Morgan fingerprint density at radius 3 is 2.65 bits per heavy atom. The highest BCUT2D eigenvalue weighted by Gasteiger charge is 2.13. The van der Waals surface area contributed by atoms with Gasteiger partial charge in [-0.05, 0) is 19.9 Å². The Morgan fingerprint density at radius 2 is 2.06 bits per heavy atom. The lowest BCUT2D eigenvalue weighted by molar-refractivity contribution is 0.150. The van der Waals surface area contributed by atoms with Gasteiger partial charge in [-0.2, -0.15) is 5.10 Å². The van der Waals surface area contributed by atoms with Crippen LogP contribution in [0.15, 0.2) is 24.3 Å². The second kappa shape index (κ2) is 4.85. The smallest absolute Gasteiger partial charge is 0.147 e. The van der Waals surface area contributed by atoms with E-state index < -0.39 is 6.10 Å². The lowest BCUT2D eigenvalue weighted by Crippen LogP contribution is -2.12. The Morgan fingerprint density at radius 1 is 1.35 bits per heavy atom. The van der Waals surface area contributed by atoms with Gasteiger partial charge >= 0.3 is 0 Å². The van der Waals surface area contributed by atoms with Gasteiger partial charge in [0, 0.05) is 10.6 Å². The Hall–Kier alpha value is -1.39. The number of benzene rings is 1. The predicted octanol–water partition coefficient (Wildman–Crippen LogP) is 2.28. The minimum atomic E-state index is -0.677. The maximum atomic E-state index is 10.1. The SMILES string of the molecule is Cc1nc(C)n(C[C@H](O)c2ccccc2Cl)n1. The molecule has 5 heteroatoms. The molecule has 0 fully saturated rings. The molecule has 0 bridgehead atoms. The van der Waals surface area contributed by atoms with Gasteiger partial charge in [0.25, 0.3) is 0 Å². The molecule has 0 aliphatic rings. The quantitative estimate of drug-likeness (QED) is 0.911. The molecule has 0 saturated heterocycles. The lowest BCUT2D eigenvalue weighted by atomic mass is 10.1. The van der Waals surface area contributed by atoms with Crippen LogP contribution in [0.1, 0.15) is 23.3 Å². The molecule has 2 aromatic rings. The zero-order valence-electron chi connectivity index (χ0n) is 9.76. The number of aliphatic hydroxyl groups is 1. The van der Waals surface area contributed by atoms with E-state index in [1.807, 2.05) is 32.0 Å². The Kier molecular flexibility index (Phi) is 3.45. The molecule has 0 aliphatic heterocycles. The van der Waals surface area contributed by atoms with Crippen LogP contribution in [0.4, 0.5) is 0 Å². The van der Waals surface area contributed by atoms with Crippen LogP contribution in [0.3, 0.4) is 0 Å². The van der Waals surface area contributed by atoms with E-state index in [0.29, 0.717) is 23.0 Å². The summed E-state index contributed by atoms with van der Waals surface area (Å²) in [5, 5.41) is 14.9. The van der Waals surface area contributed by atoms with Crippen LogP contribution in [0.5, 0.6) is 0 Å². The number of hydrogen-bond acceptors (Lipinski definition) is 3. The maximum absolute atomic E-state index is 10.1. The summed E-state index contributed by atoms with van der Waals surface area (Å²) in [4.78, 5) is 4.19. The molecule has 4 nitrogen and oxygen atoms in total. The van der Waals surface area contributed by atoms with Crippen molar-refractivity contribution < 1.29 is 5.11 Å². The number of hydrogen-bond donors (Lipinski definition) is 1. The van der Waals surface area contributed by atoms with E-state index in [-0.39, 0.29) is 0 Å². The molecule has 0 spiro atoms. The van der Waals surface area contributed by atoms with Crippen LogP contribution in [-0.2, 0) is 6.54 Å². The molecule has 1 aromatic carbocycles. The molecule has 0 unspecified atom stereocenters. The third-order valence-corrected chi connectivity index (χ3v) is 2.92. The molecule has 0 aliphatic carbocycles. The number of nitrogens with zero attached hydrogens (tertiary/aromatic N) is 3. The largest absolute Gasteiger partial charge is 0.386 e. The van der Waals surface area contributed by atoms with Crippen LogP contribution >= 0.6 is 11.6 Å². The standard InChI is InChI=1S/C12H14ClN3O/c1-8-14-9(2)16(15-8)7-12(17)10-5-3-4-6-11(10)13/h3-6,12,17H,7H2,1-2H3/t12-/m0/s1. The van der Waals surface area contributed by atoms with Crippen molar-refractivity contribution >= 4 is 11.6 Å². The highest BCUT2D eigenvalue weighted by molar-refractivity contribution is 6.31. The van der Waals surface area contributed by atoms with Crippen molar-refractivity contribution in [1.82, 2.24) is 14.8 Å². The van der Waals surface area contributed by atoms with E-state index in [2.05, 4.69) is 10.1 Å². The molecular formula is C12H14ClN3O. The van der Waals surface area contributed by atoms with Crippen LogP contribution < -0.4 is 0 Å². The zero-order chi connectivity index (χ0) is 12.4. The van der Waals surface area contributed by atoms with Gasteiger partial charge in [-0.1, -0.05) is 29.8 Å². The first-order valence-corrected chi connectivity index (χ1v) is 5.76. The van der Waals surface area contributed by atoms with Crippen LogP contribution in [0.25, 0.3) is 0 Å². The average molecular weight is 252 g/mol. The van der Waals surface area contributed by atoms with Gasteiger partial charge in [-0.3, -0.25) is 0 Å². The Labute approximate surface area is 105 Å². The third-order valence-electron chi connectivity index (χ3n) is 2.57. The van der Waals surface area contributed by atoms with Crippen molar-refractivity contribution in [3.05, 3.63) is 46.5 Å². The Bertz CT molecular complexity index is 524. The fraction of sp³-hybridized carbons (Fsp3) is 0.333. The second-order valence-corrected chi connectivity index (χ2v) is 4.33. The van der Waals surface area contributed by atoms with E-state index in [9.17, 15) is 5.11 Å². The molecule has 1 N–H and O–H groups in total. The summed E-state index contributed by atoms with van der Waals surface area (Å²) < 4.78 is 1.68. The first-order chi connectivity index (χ1) is 8.08. The fourth-order valence-corrected chi connectivity index (χ4v) is 2.00. The highest BCUT2D eigenvalue weighted by atomic mass is 35.5. The average Bonchev–Trinajstić information content (AvgIpc) is 2.58. The summed E-state index contributed by atoms with van der Waals surface area (Å²) in [5.41, 5.74) is 0.710. The van der Waals surface area contributed by atoms with Gasteiger partial charge in [-0.25, -0.2) is 9.67 Å². The predicted molar refractivity (Wildman–Crippen MR) is 65.9 cm³/mol. The normalized spacial score (nSPS) is 12.7. The molecule has 0 saturated carbocycles. The fourth-order valence-electron chi connectivity index (χ4n) is 1.74. The van der Waals surface area contributed by atoms with Crippen molar-refractivity contribution in [2.24, 2.45) is 0 Å². The second-order valence-electron chi connectivity index (χ2n) is 3.93. The van der Waals surface area contributed by atoms with E-state index in [4.69, 9.17) is 11.6 Å². The number of aliphatic hydroxyl groups excluding tert-OH is 1. The molecule has 1 aromatic heterocycles. The van der Waals surface area contributed by atoms with Crippen molar-refractivity contribution in [1.29, 1.82) is 0 Å². The number of aromatic nitrogens is 3. The van der Waals surface area contributed by atoms with Crippen molar-refractivity contribution in [3.8, 4) is 0 Å². The summed E-state index contributed by atoms with van der Waals surface area (Å²) in [6.45, 7) is 4.04. The van der Waals surface area contributed by atoms with Gasteiger partial charge in [0.1, 0.15) is 17.8 Å². The topological polar surface area (TPSA) is 50.9 Å². The minimum Gasteiger partial charge on any atom is -0.386 e. The van der Waals surface area contributed by atoms with Gasteiger partial charge < -0.3 is 5.11 Å². The van der Waals surface area contributed by atoms with E-state index >= 15 is 0 Å². The number of aryl methyl sites for hydroxylation is 2. The van der Waals surface area contributed by atoms with E-state index in [1.54, 1.807) is 10.7 Å². The minimum absolute atomic E-state index is 0.358. The first kappa shape index (κ1) is 12.1. The van der Waals surface area contributed by atoms with Crippen LogP contribution in [0.2, 0.25) is 5.02 Å². The molecule has 17 heavy (non-hydrogen) atoms. The van der Waals surface area contributed by atoms with Gasteiger partial charge in [0.2, 0.25) is 0 Å². The van der Waals surface area contributed by atoms with Gasteiger partial charge in [0.15, 0.2) is 0 Å². The Balaban J connectivity index is 2.20. The van der Waals surface area contributed by atoms with E-state index in [1.165, 1.54) is 0 Å². The number of rotatable bonds is 3. The third kappa shape index (κ3) is 2.65. The van der Waals surface area contributed by atoms with Crippen LogP contribution in [0, 0.1) is 13.8 Å². The summed E-state index contributed by atoms with van der Waals surface area (Å²) in [5.74, 6) is 1.49. The monoisotopic (exact) mass is 251 g/mol. The maximum Gasteiger partial charge on any atom is 0.147 e. The van der Waals surface area contributed by atoms with Crippen molar-refractivity contribution in [2.45, 2.75) is 26.5 Å². The molecule has 2 rings (SSSR count). The summed E-state index contributed by atoms with van der Waals surface area (Å²) in [6.07, 6.45) is -0.677. The van der Waals surface area contributed by atoms with Crippen molar-refractivity contribution in [3.63, 3.8) is 0 Å². The summed E-state index contributed by atoms with van der Waals surface area (Å²) >= 11 is 6.03. The van der Waals surface area contributed by atoms with Gasteiger partial charge in [-0.15, -0.1) is 0 Å². The lowest BCUT2D eigenvalue weighted by Gasteiger charge is -2.13. The van der Waals surface area contributed by atoms with Crippen LogP contribution in [-0.4, -0.2) is 19.9 Å². The van der Waals surface area contributed by atoms with Crippen molar-refractivity contribution in [2.75, 3.05) is 0 Å². The molecule has 90 valence electrons. The summed E-state index contributed by atoms with van der Waals surface area (Å²) in [6, 6.07) is 7.26. The molecule has 0 radical (unpaired) electrons. The number of halogens is 1. The van der Waals surface area contributed by atoms with E-state index in [0.717, 1.165) is 5.82 Å². The molecular weight excluding hydrogens is 238 g/mol. The first-order valence-electron chi connectivity index (χ1n) is 5.38. The summed E-state index contributed by atoms with van der Waals surface area (Å²) in [7, 11) is 0. The molecule has 0 amide bonds. The zero-order valence-corrected chi connectivity index (χ0v) is 10.5.